The van der Waals surface area contributed by atoms with Crippen LogP contribution in [0.1, 0.15) is 25.3 Å². The van der Waals surface area contributed by atoms with Gasteiger partial charge in [0.25, 0.3) is 0 Å². The lowest BCUT2D eigenvalue weighted by molar-refractivity contribution is 0.0129. The normalized spacial score (nSPS) is 25.3. The Labute approximate surface area is 116 Å². The quantitative estimate of drug-likeness (QED) is 0.845. The third-order valence-electron chi connectivity index (χ3n) is 3.70. The molecule has 100 valence electrons. The molecule has 18 heavy (non-hydrogen) atoms. The van der Waals surface area contributed by atoms with Gasteiger partial charge in [-0.25, -0.2) is 4.39 Å². The lowest BCUT2D eigenvalue weighted by atomic mass is 10.00. The molecule has 2 unspecified atom stereocenters. The summed E-state index contributed by atoms with van der Waals surface area (Å²) in [6.45, 7) is 4.00. The lowest BCUT2D eigenvalue weighted by Crippen LogP contribution is -2.42. The first kappa shape index (κ1) is 14.0. The first-order valence-corrected chi connectivity index (χ1v) is 7.11. The zero-order chi connectivity index (χ0) is 13.1. The number of likely N-dealkylation sites (tertiary alicyclic amines) is 1. The van der Waals surface area contributed by atoms with E-state index in [1.807, 2.05) is 6.07 Å². The molecule has 0 amide bonds. The Balaban J connectivity index is 2.03. The first-order chi connectivity index (χ1) is 8.61. The van der Waals surface area contributed by atoms with Crippen molar-refractivity contribution in [1.82, 2.24) is 4.90 Å². The molecule has 0 N–H and O–H groups in total. The van der Waals surface area contributed by atoms with Crippen LogP contribution in [0.25, 0.3) is 0 Å². The van der Waals surface area contributed by atoms with Crippen LogP contribution in [0.5, 0.6) is 0 Å². The largest absolute Gasteiger partial charge is 0.381 e. The van der Waals surface area contributed by atoms with E-state index < -0.39 is 0 Å². The van der Waals surface area contributed by atoms with E-state index in [2.05, 4.69) is 27.8 Å². The van der Waals surface area contributed by atoms with Crippen molar-refractivity contribution in [2.45, 2.75) is 38.5 Å². The molecule has 0 spiro atoms. The molecule has 0 radical (unpaired) electrons. The molecule has 2 rings (SSSR count). The monoisotopic (exact) mass is 315 g/mol. The van der Waals surface area contributed by atoms with Gasteiger partial charge >= 0.3 is 0 Å². The fourth-order valence-electron chi connectivity index (χ4n) is 2.52. The number of ether oxygens (including phenoxy) is 1. The minimum atomic E-state index is -0.188. The van der Waals surface area contributed by atoms with E-state index in [1.54, 1.807) is 13.2 Å². The van der Waals surface area contributed by atoms with Gasteiger partial charge in [0.15, 0.2) is 0 Å². The number of piperidine rings is 1. The summed E-state index contributed by atoms with van der Waals surface area (Å²) in [6.07, 6.45) is 2.46. The number of rotatable bonds is 3. The number of benzene rings is 1. The molecule has 1 fully saturated rings. The van der Waals surface area contributed by atoms with E-state index in [1.165, 1.54) is 6.07 Å². The number of hydrogen-bond donors (Lipinski definition) is 0. The highest BCUT2D eigenvalue weighted by atomic mass is 79.9. The zero-order valence-corrected chi connectivity index (χ0v) is 12.4. The van der Waals surface area contributed by atoms with Crippen LogP contribution in [0, 0.1) is 5.82 Å². The van der Waals surface area contributed by atoms with Crippen molar-refractivity contribution >= 4 is 15.9 Å². The van der Waals surface area contributed by atoms with Crippen LogP contribution in [0.4, 0.5) is 4.39 Å². The van der Waals surface area contributed by atoms with E-state index in [0.717, 1.165) is 31.5 Å². The van der Waals surface area contributed by atoms with Gasteiger partial charge in [-0.3, -0.25) is 4.90 Å². The van der Waals surface area contributed by atoms with Gasteiger partial charge in [0.05, 0.1) is 10.6 Å². The van der Waals surface area contributed by atoms with Crippen molar-refractivity contribution in [3.8, 4) is 0 Å². The van der Waals surface area contributed by atoms with Gasteiger partial charge in [0, 0.05) is 26.2 Å². The minimum absolute atomic E-state index is 0.188. The number of methoxy groups -OCH3 is 1. The summed E-state index contributed by atoms with van der Waals surface area (Å²) < 4.78 is 19.5. The molecule has 2 nitrogen and oxygen atoms in total. The Hall–Kier alpha value is -0.450. The molecule has 1 aromatic rings. The smallest absolute Gasteiger partial charge is 0.137 e. The molecule has 1 aliphatic heterocycles. The van der Waals surface area contributed by atoms with Gasteiger partial charge in [-0.1, -0.05) is 12.1 Å². The predicted octanol–water partition coefficient (Wildman–Crippen LogP) is 3.59. The Morgan fingerprint density at radius 2 is 2.28 bits per heavy atom. The topological polar surface area (TPSA) is 12.5 Å². The molecule has 0 saturated carbocycles. The van der Waals surface area contributed by atoms with Crippen LogP contribution < -0.4 is 0 Å². The second-order valence-electron chi connectivity index (χ2n) is 4.91. The maximum atomic E-state index is 13.5. The van der Waals surface area contributed by atoms with Crippen LogP contribution in [-0.2, 0) is 11.3 Å². The Morgan fingerprint density at radius 3 is 2.94 bits per heavy atom. The molecule has 4 heteroatoms. The molecule has 1 heterocycles. The summed E-state index contributed by atoms with van der Waals surface area (Å²) in [7, 11) is 1.77. The average molecular weight is 316 g/mol. The molecule has 0 aliphatic carbocycles. The fraction of sp³-hybridized carbons (Fsp3) is 0.571. The maximum Gasteiger partial charge on any atom is 0.137 e. The van der Waals surface area contributed by atoms with E-state index in [-0.39, 0.29) is 5.82 Å². The SMILES string of the molecule is COC1CCN(Cc2cccc(F)c2Br)C(C)C1. The Kier molecular flexibility index (Phi) is 4.76. The molecular formula is C14H19BrFNO. The number of hydrogen-bond acceptors (Lipinski definition) is 2. The fourth-order valence-corrected chi connectivity index (χ4v) is 2.91. The van der Waals surface area contributed by atoms with E-state index in [4.69, 9.17) is 4.74 Å². The molecule has 1 aromatic carbocycles. The molecule has 0 aromatic heterocycles. The molecule has 1 aliphatic rings. The van der Waals surface area contributed by atoms with Crippen molar-refractivity contribution in [2.24, 2.45) is 0 Å². The van der Waals surface area contributed by atoms with E-state index >= 15 is 0 Å². The number of halogens is 2. The maximum absolute atomic E-state index is 13.5. The molecule has 2 atom stereocenters. The second kappa shape index (κ2) is 6.13. The summed E-state index contributed by atoms with van der Waals surface area (Å²) in [4.78, 5) is 2.38. The van der Waals surface area contributed by atoms with Gasteiger partial charge in [-0.2, -0.15) is 0 Å². The van der Waals surface area contributed by atoms with Gasteiger partial charge in [-0.05, 0) is 47.3 Å². The zero-order valence-electron chi connectivity index (χ0n) is 10.8. The van der Waals surface area contributed by atoms with Crippen LogP contribution in [0.3, 0.4) is 0 Å². The van der Waals surface area contributed by atoms with Crippen molar-refractivity contribution in [2.75, 3.05) is 13.7 Å². The standard InChI is InChI=1S/C14H19BrFNO/c1-10-8-12(18-2)6-7-17(10)9-11-4-3-5-13(16)14(11)15/h3-5,10,12H,6-9H2,1-2H3. The highest BCUT2D eigenvalue weighted by Gasteiger charge is 2.25. The average Bonchev–Trinajstić information content (AvgIpc) is 2.37. The van der Waals surface area contributed by atoms with Gasteiger partial charge < -0.3 is 4.74 Å². The van der Waals surface area contributed by atoms with Crippen molar-refractivity contribution in [3.05, 3.63) is 34.1 Å². The highest BCUT2D eigenvalue weighted by molar-refractivity contribution is 9.10. The van der Waals surface area contributed by atoms with Crippen molar-refractivity contribution in [1.29, 1.82) is 0 Å². The Bertz CT molecular complexity index is 413. The van der Waals surface area contributed by atoms with Gasteiger partial charge in [-0.15, -0.1) is 0 Å². The van der Waals surface area contributed by atoms with Crippen LogP contribution in [-0.4, -0.2) is 30.7 Å². The van der Waals surface area contributed by atoms with Crippen molar-refractivity contribution in [3.63, 3.8) is 0 Å². The first-order valence-electron chi connectivity index (χ1n) is 6.31. The molecule has 0 bridgehead atoms. The van der Waals surface area contributed by atoms with E-state index in [0.29, 0.717) is 16.6 Å². The Morgan fingerprint density at radius 1 is 1.50 bits per heavy atom. The third kappa shape index (κ3) is 3.11. The lowest BCUT2D eigenvalue weighted by Gasteiger charge is -2.37. The van der Waals surface area contributed by atoms with Crippen LogP contribution >= 0.6 is 15.9 Å². The summed E-state index contributed by atoms with van der Waals surface area (Å²) >= 11 is 3.33. The molecule has 1 saturated heterocycles. The predicted molar refractivity (Wildman–Crippen MR) is 74.0 cm³/mol. The summed E-state index contributed by atoms with van der Waals surface area (Å²) in [5.41, 5.74) is 1.01. The van der Waals surface area contributed by atoms with Crippen LogP contribution in [0.2, 0.25) is 0 Å². The van der Waals surface area contributed by atoms with E-state index in [9.17, 15) is 4.39 Å². The van der Waals surface area contributed by atoms with Gasteiger partial charge in [0.2, 0.25) is 0 Å². The highest BCUT2D eigenvalue weighted by Crippen LogP contribution is 2.26. The molecular weight excluding hydrogens is 297 g/mol. The second-order valence-corrected chi connectivity index (χ2v) is 5.71. The number of nitrogens with zero attached hydrogens (tertiary/aromatic N) is 1. The van der Waals surface area contributed by atoms with Crippen LogP contribution in [0.15, 0.2) is 22.7 Å². The van der Waals surface area contributed by atoms with Crippen molar-refractivity contribution < 1.29 is 9.13 Å². The summed E-state index contributed by atoms with van der Waals surface area (Å²) in [6, 6.07) is 5.69. The van der Waals surface area contributed by atoms with Gasteiger partial charge in [0.1, 0.15) is 5.82 Å². The third-order valence-corrected chi connectivity index (χ3v) is 4.59. The summed E-state index contributed by atoms with van der Waals surface area (Å²) in [5, 5.41) is 0. The summed E-state index contributed by atoms with van der Waals surface area (Å²) in [5.74, 6) is -0.188. The minimum Gasteiger partial charge on any atom is -0.381 e.